The smallest absolute Gasteiger partial charge is 0.338 e. The molecule has 1 N–H and O–H groups in total. The van der Waals surface area contributed by atoms with Crippen molar-refractivity contribution in [1.82, 2.24) is 4.72 Å². The van der Waals surface area contributed by atoms with Gasteiger partial charge in [-0.2, -0.15) is 0 Å². The van der Waals surface area contributed by atoms with E-state index in [-0.39, 0.29) is 17.1 Å². The summed E-state index contributed by atoms with van der Waals surface area (Å²) in [5.41, 5.74) is 2.14. The topological polar surface area (TPSA) is 72.5 Å². The molecule has 0 aromatic heterocycles. The lowest BCUT2D eigenvalue weighted by Crippen LogP contribution is -2.19. The maximum atomic E-state index is 12.1. The van der Waals surface area contributed by atoms with E-state index in [2.05, 4.69) is 4.72 Å². The van der Waals surface area contributed by atoms with Gasteiger partial charge in [0.15, 0.2) is 0 Å². The van der Waals surface area contributed by atoms with E-state index in [0.717, 1.165) is 11.1 Å². The van der Waals surface area contributed by atoms with Crippen LogP contribution in [-0.4, -0.2) is 21.4 Å². The molecule has 0 heterocycles. The van der Waals surface area contributed by atoms with Gasteiger partial charge in [-0.1, -0.05) is 30.3 Å². The Bertz CT molecular complexity index is 784. The Morgan fingerprint density at radius 2 is 1.86 bits per heavy atom. The quantitative estimate of drug-likeness (QED) is 0.858. The van der Waals surface area contributed by atoms with Gasteiger partial charge in [0.1, 0.15) is 6.61 Å². The Morgan fingerprint density at radius 1 is 1.14 bits per heavy atom. The molecule has 5 nitrogen and oxygen atoms in total. The van der Waals surface area contributed by atoms with Crippen LogP contribution < -0.4 is 4.72 Å². The number of ether oxygens (including phenoxy) is 1. The molecule has 6 heteroatoms. The lowest BCUT2D eigenvalue weighted by molar-refractivity contribution is 0.0472. The second-order valence-corrected chi connectivity index (χ2v) is 6.62. The molecule has 22 heavy (non-hydrogen) atoms. The van der Waals surface area contributed by atoms with E-state index < -0.39 is 16.0 Å². The zero-order valence-corrected chi connectivity index (χ0v) is 13.2. The summed E-state index contributed by atoms with van der Waals surface area (Å²) in [5, 5.41) is 0. The molecule has 116 valence electrons. The van der Waals surface area contributed by atoms with Crippen molar-refractivity contribution in [2.24, 2.45) is 0 Å². The predicted octanol–water partition coefficient (Wildman–Crippen LogP) is 2.26. The Labute approximate surface area is 130 Å². The summed E-state index contributed by atoms with van der Waals surface area (Å²) in [5.74, 6) is -0.559. The summed E-state index contributed by atoms with van der Waals surface area (Å²) in [6, 6.07) is 13.3. The first-order valence-electron chi connectivity index (χ1n) is 6.69. The second kappa shape index (κ2) is 6.72. The second-order valence-electron chi connectivity index (χ2n) is 4.74. The molecule has 0 atom stereocenters. The third kappa shape index (κ3) is 3.72. The first-order valence-corrected chi connectivity index (χ1v) is 8.17. The van der Waals surface area contributed by atoms with Gasteiger partial charge >= 0.3 is 5.97 Å². The van der Waals surface area contributed by atoms with E-state index in [9.17, 15) is 13.2 Å². The predicted molar refractivity (Wildman–Crippen MR) is 83.0 cm³/mol. The highest BCUT2D eigenvalue weighted by Gasteiger charge is 2.15. The number of hydrogen-bond donors (Lipinski definition) is 1. The van der Waals surface area contributed by atoms with Crippen molar-refractivity contribution in [3.63, 3.8) is 0 Å². The van der Waals surface area contributed by atoms with Crippen molar-refractivity contribution in [3.05, 3.63) is 65.2 Å². The molecule has 0 amide bonds. The number of carbonyl (C=O) groups excluding carboxylic acids is 1. The van der Waals surface area contributed by atoms with Gasteiger partial charge in [-0.3, -0.25) is 0 Å². The minimum atomic E-state index is -3.59. The van der Waals surface area contributed by atoms with Crippen molar-refractivity contribution in [2.45, 2.75) is 18.4 Å². The first kappa shape index (κ1) is 16.2. The number of benzene rings is 2. The summed E-state index contributed by atoms with van der Waals surface area (Å²) >= 11 is 0. The number of esters is 1. The fourth-order valence-electron chi connectivity index (χ4n) is 1.91. The van der Waals surface area contributed by atoms with Crippen LogP contribution in [0.1, 0.15) is 21.5 Å². The Balaban J connectivity index is 2.14. The van der Waals surface area contributed by atoms with E-state index in [4.69, 9.17) is 4.74 Å². The molecule has 0 aliphatic heterocycles. The number of hydrogen-bond acceptors (Lipinski definition) is 4. The molecule has 0 aliphatic carbocycles. The molecule has 0 unspecified atom stereocenters. The highest BCUT2D eigenvalue weighted by atomic mass is 32.2. The van der Waals surface area contributed by atoms with Crippen LogP contribution in [0.5, 0.6) is 0 Å². The van der Waals surface area contributed by atoms with E-state index >= 15 is 0 Å². The number of sulfonamides is 1. The third-order valence-electron chi connectivity index (χ3n) is 3.27. The summed E-state index contributed by atoms with van der Waals surface area (Å²) in [7, 11) is -2.27. The summed E-state index contributed by atoms with van der Waals surface area (Å²) in [6.07, 6.45) is 0. The van der Waals surface area contributed by atoms with E-state index in [1.165, 1.54) is 31.3 Å². The average Bonchev–Trinajstić information content (AvgIpc) is 2.54. The molecular formula is C16H17NO4S. The van der Waals surface area contributed by atoms with Gasteiger partial charge in [0.2, 0.25) is 10.0 Å². The van der Waals surface area contributed by atoms with E-state index in [1.807, 2.05) is 31.2 Å². The van der Waals surface area contributed by atoms with Crippen LogP contribution >= 0.6 is 0 Å². The molecule has 0 bridgehead atoms. The van der Waals surface area contributed by atoms with E-state index in [1.54, 1.807) is 0 Å². The fourth-order valence-corrected chi connectivity index (χ4v) is 2.68. The Hall–Kier alpha value is -2.18. The molecule has 0 spiro atoms. The van der Waals surface area contributed by atoms with Crippen LogP contribution in [0.25, 0.3) is 0 Å². The number of rotatable bonds is 5. The minimum Gasteiger partial charge on any atom is -0.457 e. The van der Waals surface area contributed by atoms with Gasteiger partial charge in [-0.05, 0) is 43.3 Å². The Morgan fingerprint density at radius 3 is 2.55 bits per heavy atom. The monoisotopic (exact) mass is 319 g/mol. The van der Waals surface area contributed by atoms with Crippen molar-refractivity contribution in [3.8, 4) is 0 Å². The Kier molecular flexibility index (Phi) is 4.95. The van der Waals surface area contributed by atoms with Crippen molar-refractivity contribution in [1.29, 1.82) is 0 Å². The molecule has 0 aliphatic rings. The molecule has 0 fully saturated rings. The van der Waals surface area contributed by atoms with Crippen molar-refractivity contribution < 1.29 is 17.9 Å². The van der Waals surface area contributed by atoms with E-state index in [0.29, 0.717) is 0 Å². The summed E-state index contributed by atoms with van der Waals surface area (Å²) < 4.78 is 30.9. The molecule has 2 aromatic rings. The largest absolute Gasteiger partial charge is 0.457 e. The van der Waals surface area contributed by atoms with Crippen LogP contribution in [0.3, 0.4) is 0 Å². The normalized spacial score (nSPS) is 11.2. The fraction of sp³-hybridized carbons (Fsp3) is 0.188. The SMILES string of the molecule is CNS(=O)(=O)c1cccc(C(=O)OCc2ccccc2C)c1. The lowest BCUT2D eigenvalue weighted by atomic mass is 10.1. The standard InChI is InChI=1S/C16H17NO4S/c1-12-6-3-4-7-14(12)11-21-16(18)13-8-5-9-15(10-13)22(19,20)17-2/h3-10,17H,11H2,1-2H3. The average molecular weight is 319 g/mol. The lowest BCUT2D eigenvalue weighted by Gasteiger charge is -2.08. The highest BCUT2D eigenvalue weighted by Crippen LogP contribution is 2.14. The summed E-state index contributed by atoms with van der Waals surface area (Å²) in [4.78, 5) is 12.1. The molecule has 0 radical (unpaired) electrons. The molecule has 2 aromatic carbocycles. The van der Waals surface area contributed by atoms with Gasteiger partial charge in [-0.25, -0.2) is 17.9 Å². The molecule has 0 saturated heterocycles. The molecule has 2 rings (SSSR count). The van der Waals surface area contributed by atoms with Crippen LogP contribution in [0.15, 0.2) is 53.4 Å². The van der Waals surface area contributed by atoms with Crippen LogP contribution in [-0.2, 0) is 21.4 Å². The highest BCUT2D eigenvalue weighted by molar-refractivity contribution is 7.89. The third-order valence-corrected chi connectivity index (χ3v) is 4.68. The van der Waals surface area contributed by atoms with Gasteiger partial charge in [0.25, 0.3) is 0 Å². The van der Waals surface area contributed by atoms with Crippen molar-refractivity contribution >= 4 is 16.0 Å². The maximum absolute atomic E-state index is 12.1. The van der Waals surface area contributed by atoms with Crippen LogP contribution in [0.2, 0.25) is 0 Å². The first-order chi connectivity index (χ1) is 10.4. The molecule has 0 saturated carbocycles. The van der Waals surface area contributed by atoms with Crippen molar-refractivity contribution in [2.75, 3.05) is 7.05 Å². The minimum absolute atomic E-state index is 0.0281. The molecular weight excluding hydrogens is 302 g/mol. The van der Waals surface area contributed by atoms with Gasteiger partial charge < -0.3 is 4.74 Å². The zero-order valence-electron chi connectivity index (χ0n) is 12.4. The van der Waals surface area contributed by atoms with Gasteiger partial charge in [-0.15, -0.1) is 0 Å². The van der Waals surface area contributed by atoms with Gasteiger partial charge in [0, 0.05) is 0 Å². The number of carbonyl (C=O) groups is 1. The van der Waals surface area contributed by atoms with Crippen LogP contribution in [0, 0.1) is 6.92 Å². The number of nitrogens with one attached hydrogen (secondary N) is 1. The maximum Gasteiger partial charge on any atom is 0.338 e. The van der Waals surface area contributed by atoms with Crippen LogP contribution in [0.4, 0.5) is 0 Å². The summed E-state index contributed by atoms with van der Waals surface area (Å²) in [6.45, 7) is 2.08. The van der Waals surface area contributed by atoms with Gasteiger partial charge in [0.05, 0.1) is 10.5 Å². The zero-order chi connectivity index (χ0) is 16.2. The number of aryl methyl sites for hydroxylation is 1.